The second-order valence-corrected chi connectivity index (χ2v) is 7.44. The lowest BCUT2D eigenvalue weighted by molar-refractivity contribution is -0.110. The summed E-state index contributed by atoms with van der Waals surface area (Å²) in [7, 11) is -3.93. The molecule has 1 aromatic carbocycles. The van der Waals surface area contributed by atoms with E-state index in [0.29, 0.717) is 5.92 Å². The predicted molar refractivity (Wildman–Crippen MR) is 88.0 cm³/mol. The largest absolute Gasteiger partial charge is 0.288 e. The maximum atomic E-state index is 12.3. The molecule has 2 rings (SSSR count). The molecule has 0 saturated carbocycles. The number of hydrogen-bond donors (Lipinski definition) is 0. The summed E-state index contributed by atoms with van der Waals surface area (Å²) in [5.74, 6) is -0.184. The fourth-order valence-electron chi connectivity index (χ4n) is 1.79. The van der Waals surface area contributed by atoms with Gasteiger partial charge in [0.05, 0.1) is 20.7 Å². The second kappa shape index (κ2) is 6.36. The van der Waals surface area contributed by atoms with E-state index in [2.05, 4.69) is 4.40 Å². The molecule has 0 amide bonds. The Labute approximate surface area is 139 Å². The van der Waals surface area contributed by atoms with Gasteiger partial charge in [-0.25, -0.2) is 0 Å². The van der Waals surface area contributed by atoms with Gasteiger partial charge >= 0.3 is 0 Å². The van der Waals surface area contributed by atoms with E-state index in [1.807, 2.05) is 13.8 Å². The van der Waals surface area contributed by atoms with Gasteiger partial charge in [0, 0.05) is 6.08 Å². The van der Waals surface area contributed by atoms with Crippen LogP contribution in [0.4, 0.5) is 0 Å². The van der Waals surface area contributed by atoms with Crippen LogP contribution >= 0.6 is 23.2 Å². The van der Waals surface area contributed by atoms with Crippen LogP contribution in [0, 0.1) is 0 Å². The Morgan fingerprint density at radius 3 is 2.14 bits per heavy atom. The third-order valence-electron chi connectivity index (χ3n) is 3.06. The van der Waals surface area contributed by atoms with Gasteiger partial charge in [0.2, 0.25) is 0 Å². The summed E-state index contributed by atoms with van der Waals surface area (Å²) in [6.07, 6.45) is 2.19. The van der Waals surface area contributed by atoms with Gasteiger partial charge < -0.3 is 0 Å². The summed E-state index contributed by atoms with van der Waals surface area (Å²) in [5, 5.41) is -0.190. The summed E-state index contributed by atoms with van der Waals surface area (Å²) in [6.45, 7) is 4.03. The van der Waals surface area contributed by atoms with Crippen molar-refractivity contribution in [2.24, 2.45) is 4.40 Å². The Hall–Kier alpha value is -1.43. The number of rotatable bonds is 3. The molecule has 1 aliphatic rings. The highest BCUT2D eigenvalue weighted by Crippen LogP contribution is 2.23. The quantitative estimate of drug-likeness (QED) is 0.773. The fourth-order valence-corrected chi connectivity index (χ4v) is 3.19. The van der Waals surface area contributed by atoms with Gasteiger partial charge in [0.25, 0.3) is 10.0 Å². The zero-order chi connectivity index (χ0) is 16.5. The molecular formula is C15H13Cl2NO3S. The zero-order valence-electron chi connectivity index (χ0n) is 11.9. The Balaban J connectivity index is 2.41. The molecule has 1 aliphatic carbocycles. The molecule has 0 spiro atoms. The first-order valence-electron chi connectivity index (χ1n) is 6.45. The Bertz CT molecular complexity index is 804. The molecule has 0 radical (unpaired) electrons. The minimum atomic E-state index is -3.93. The minimum absolute atomic E-state index is 0.0512. The topological polar surface area (TPSA) is 63.6 Å². The minimum Gasteiger partial charge on any atom is -0.288 e. The average molecular weight is 358 g/mol. The second-order valence-electron chi connectivity index (χ2n) is 5.02. The van der Waals surface area contributed by atoms with E-state index in [-0.39, 0.29) is 20.7 Å². The van der Waals surface area contributed by atoms with E-state index in [1.54, 1.807) is 12.1 Å². The van der Waals surface area contributed by atoms with Gasteiger partial charge in [-0.1, -0.05) is 49.2 Å². The number of carbonyl (C=O) groups is 1. The summed E-state index contributed by atoms with van der Waals surface area (Å²) in [6, 6.07) is 6.46. The normalized spacial score (nSPS) is 17.7. The SMILES string of the molecule is CC(C)c1ccc(S(=O)(=O)/N=C2\C=C(Cl)C(=O)C=C2Cl)cc1. The monoisotopic (exact) mass is 357 g/mol. The smallest absolute Gasteiger partial charge is 0.282 e. The summed E-state index contributed by atoms with van der Waals surface area (Å²) in [5.41, 5.74) is 0.968. The van der Waals surface area contributed by atoms with Gasteiger partial charge in [-0.15, -0.1) is 0 Å². The molecule has 0 unspecified atom stereocenters. The van der Waals surface area contributed by atoms with Crippen LogP contribution in [0.15, 0.2) is 55.8 Å². The summed E-state index contributed by atoms with van der Waals surface area (Å²) < 4.78 is 28.2. The molecule has 0 heterocycles. The highest BCUT2D eigenvalue weighted by molar-refractivity contribution is 7.90. The van der Waals surface area contributed by atoms with E-state index in [4.69, 9.17) is 23.2 Å². The fraction of sp³-hybridized carbons (Fsp3) is 0.200. The summed E-state index contributed by atoms with van der Waals surface area (Å²) >= 11 is 11.5. The third-order valence-corrected chi connectivity index (χ3v) is 4.97. The van der Waals surface area contributed by atoms with Crippen LogP contribution in [0.25, 0.3) is 0 Å². The Kier molecular flexibility index (Phi) is 4.90. The molecule has 0 saturated heterocycles. The van der Waals surface area contributed by atoms with Crippen LogP contribution in [0.3, 0.4) is 0 Å². The number of benzene rings is 1. The highest BCUT2D eigenvalue weighted by atomic mass is 35.5. The molecule has 0 fully saturated rings. The zero-order valence-corrected chi connectivity index (χ0v) is 14.2. The Morgan fingerprint density at radius 1 is 1.00 bits per heavy atom. The first-order valence-corrected chi connectivity index (χ1v) is 8.64. The van der Waals surface area contributed by atoms with E-state index < -0.39 is 15.8 Å². The van der Waals surface area contributed by atoms with Crippen molar-refractivity contribution in [3.63, 3.8) is 0 Å². The van der Waals surface area contributed by atoms with Gasteiger partial charge in [0.15, 0.2) is 5.78 Å². The molecule has 0 bridgehead atoms. The van der Waals surface area contributed by atoms with Gasteiger partial charge in [0.1, 0.15) is 0 Å². The van der Waals surface area contributed by atoms with Gasteiger partial charge in [-0.2, -0.15) is 12.8 Å². The predicted octanol–water partition coefficient (Wildman–Crippen LogP) is 3.77. The molecule has 7 heteroatoms. The average Bonchev–Trinajstić information content (AvgIpc) is 2.44. The molecular weight excluding hydrogens is 345 g/mol. The number of hydrogen-bond acceptors (Lipinski definition) is 3. The van der Waals surface area contributed by atoms with E-state index in [1.165, 1.54) is 12.1 Å². The number of ketones is 1. The van der Waals surface area contributed by atoms with Crippen LogP contribution in [0.2, 0.25) is 0 Å². The number of nitrogens with zero attached hydrogens (tertiary/aromatic N) is 1. The molecule has 0 aromatic heterocycles. The maximum Gasteiger partial charge on any atom is 0.282 e. The van der Waals surface area contributed by atoms with Crippen LogP contribution in [-0.4, -0.2) is 19.9 Å². The number of allylic oxidation sites excluding steroid dienone is 4. The third kappa shape index (κ3) is 3.66. The van der Waals surface area contributed by atoms with E-state index in [9.17, 15) is 13.2 Å². The van der Waals surface area contributed by atoms with Crippen molar-refractivity contribution < 1.29 is 13.2 Å². The van der Waals surface area contributed by atoms with Crippen molar-refractivity contribution in [2.45, 2.75) is 24.7 Å². The standard InChI is InChI=1S/C15H13Cl2NO3S/c1-9(2)10-3-5-11(6-4-10)22(20,21)18-14-7-13(17)15(19)8-12(14)16/h3-9H,1-2H3/b18-14+. The Morgan fingerprint density at radius 2 is 1.59 bits per heavy atom. The number of halogens is 2. The van der Waals surface area contributed by atoms with Crippen molar-refractivity contribution >= 4 is 44.7 Å². The van der Waals surface area contributed by atoms with Crippen molar-refractivity contribution in [1.29, 1.82) is 0 Å². The molecule has 1 aromatic rings. The first-order chi connectivity index (χ1) is 10.2. The lowest BCUT2D eigenvalue weighted by Crippen LogP contribution is -2.10. The van der Waals surface area contributed by atoms with Crippen molar-refractivity contribution in [2.75, 3.05) is 0 Å². The molecule has 22 heavy (non-hydrogen) atoms. The number of sulfonamides is 1. The van der Waals surface area contributed by atoms with Crippen molar-refractivity contribution in [3.05, 3.63) is 52.0 Å². The maximum absolute atomic E-state index is 12.3. The van der Waals surface area contributed by atoms with E-state index in [0.717, 1.165) is 17.7 Å². The summed E-state index contributed by atoms with van der Waals surface area (Å²) in [4.78, 5) is 11.4. The van der Waals surface area contributed by atoms with Gasteiger partial charge in [-0.3, -0.25) is 4.79 Å². The molecule has 0 aliphatic heterocycles. The molecule has 116 valence electrons. The lowest BCUT2D eigenvalue weighted by Gasteiger charge is -2.08. The lowest BCUT2D eigenvalue weighted by atomic mass is 10.0. The van der Waals surface area contributed by atoms with Crippen LogP contribution in [0.1, 0.15) is 25.3 Å². The molecule has 0 atom stereocenters. The van der Waals surface area contributed by atoms with Crippen LogP contribution in [0.5, 0.6) is 0 Å². The van der Waals surface area contributed by atoms with E-state index >= 15 is 0 Å². The van der Waals surface area contributed by atoms with Crippen molar-refractivity contribution in [1.82, 2.24) is 0 Å². The van der Waals surface area contributed by atoms with Crippen LogP contribution < -0.4 is 0 Å². The van der Waals surface area contributed by atoms with Crippen molar-refractivity contribution in [3.8, 4) is 0 Å². The van der Waals surface area contributed by atoms with Gasteiger partial charge in [-0.05, 0) is 29.7 Å². The van der Waals surface area contributed by atoms with Crippen LogP contribution in [-0.2, 0) is 14.8 Å². The molecule has 4 nitrogen and oxygen atoms in total. The first kappa shape index (κ1) is 16.9. The number of carbonyl (C=O) groups excluding carboxylic acids is 1. The molecule has 0 N–H and O–H groups in total. The highest BCUT2D eigenvalue weighted by Gasteiger charge is 2.20.